The maximum atomic E-state index is 12.7. The molecule has 6 nitrogen and oxygen atoms in total. The molecule has 0 aliphatic carbocycles. The van der Waals surface area contributed by atoms with Crippen LogP contribution in [0.2, 0.25) is 5.02 Å². The Labute approximate surface area is 132 Å². The van der Waals surface area contributed by atoms with E-state index in [-0.39, 0.29) is 12.1 Å². The third kappa shape index (κ3) is 2.79. The predicted octanol–water partition coefficient (Wildman–Crippen LogP) is 3.17. The largest absolute Gasteiger partial charge is 0.419 e. The van der Waals surface area contributed by atoms with E-state index in [1.165, 1.54) is 0 Å². The van der Waals surface area contributed by atoms with Crippen LogP contribution in [0.15, 0.2) is 16.9 Å². The minimum atomic E-state index is -4.55. The molecule has 3 aromatic heterocycles. The first-order chi connectivity index (χ1) is 10.8. The maximum absolute atomic E-state index is 12.7. The molecule has 0 bridgehead atoms. The van der Waals surface area contributed by atoms with E-state index in [1.54, 1.807) is 6.92 Å². The molecule has 2 N–H and O–H groups in total. The molecule has 10 heteroatoms. The van der Waals surface area contributed by atoms with Crippen molar-refractivity contribution in [3.05, 3.63) is 39.8 Å². The lowest BCUT2D eigenvalue weighted by molar-refractivity contribution is -0.137. The van der Waals surface area contributed by atoms with Crippen molar-refractivity contribution in [1.82, 2.24) is 20.3 Å². The molecule has 3 rings (SSSR count). The molecule has 0 aromatic carbocycles. The lowest BCUT2D eigenvalue weighted by Crippen LogP contribution is -2.08. The number of halogens is 4. The lowest BCUT2D eigenvalue weighted by Gasteiger charge is -2.11. The topological polar surface area (TPSA) is 90.7 Å². The van der Waals surface area contributed by atoms with Gasteiger partial charge in [0, 0.05) is 29.6 Å². The highest BCUT2D eigenvalue weighted by molar-refractivity contribution is 6.31. The number of pyridine rings is 2. The molecule has 0 spiro atoms. The number of hydrogen-bond donors (Lipinski definition) is 1. The van der Waals surface area contributed by atoms with Gasteiger partial charge in [-0.1, -0.05) is 11.6 Å². The van der Waals surface area contributed by atoms with Gasteiger partial charge in [-0.05, 0) is 23.3 Å². The van der Waals surface area contributed by atoms with Crippen molar-refractivity contribution in [1.29, 1.82) is 0 Å². The van der Waals surface area contributed by atoms with Gasteiger partial charge in [-0.25, -0.2) is 9.61 Å². The molecular formula is C13H9ClF3N5O. The summed E-state index contributed by atoms with van der Waals surface area (Å²) in [4.78, 5) is 7.99. The van der Waals surface area contributed by atoms with Crippen LogP contribution in [0.1, 0.15) is 22.5 Å². The average molecular weight is 344 g/mol. The fraction of sp³-hybridized carbons (Fsp3) is 0.231. The second-order valence-corrected chi connectivity index (χ2v) is 5.26. The van der Waals surface area contributed by atoms with Crippen LogP contribution in [0, 0.1) is 6.92 Å². The fourth-order valence-electron chi connectivity index (χ4n) is 2.17. The highest BCUT2D eigenvalue weighted by Crippen LogP contribution is 2.35. The van der Waals surface area contributed by atoms with E-state index in [2.05, 4.69) is 24.9 Å². The van der Waals surface area contributed by atoms with Crippen LogP contribution in [-0.2, 0) is 12.6 Å². The minimum Gasteiger partial charge on any atom is -0.396 e. The lowest BCUT2D eigenvalue weighted by atomic mass is 10.0. The van der Waals surface area contributed by atoms with Gasteiger partial charge in [0.25, 0.3) is 0 Å². The molecule has 0 aliphatic rings. The van der Waals surface area contributed by atoms with E-state index in [0.717, 1.165) is 6.07 Å². The summed E-state index contributed by atoms with van der Waals surface area (Å²) in [6.07, 6.45) is -3.69. The molecule has 0 amide bonds. The van der Waals surface area contributed by atoms with Crippen molar-refractivity contribution < 1.29 is 17.8 Å². The van der Waals surface area contributed by atoms with E-state index in [4.69, 9.17) is 17.3 Å². The Bertz CT molecular complexity index is 893. The van der Waals surface area contributed by atoms with Gasteiger partial charge in [0.15, 0.2) is 5.52 Å². The number of aryl methyl sites for hydroxylation is 1. The summed E-state index contributed by atoms with van der Waals surface area (Å²) in [5, 5.41) is 6.84. The normalized spacial score (nSPS) is 12.0. The van der Waals surface area contributed by atoms with Crippen molar-refractivity contribution >= 4 is 28.5 Å². The van der Waals surface area contributed by atoms with Crippen LogP contribution < -0.4 is 5.73 Å². The van der Waals surface area contributed by atoms with Gasteiger partial charge in [-0.2, -0.15) is 13.2 Å². The van der Waals surface area contributed by atoms with Gasteiger partial charge in [-0.15, -0.1) is 0 Å². The molecule has 0 saturated heterocycles. The summed E-state index contributed by atoms with van der Waals surface area (Å²) in [5.41, 5.74) is 7.35. The van der Waals surface area contributed by atoms with Gasteiger partial charge in [0.05, 0.1) is 16.3 Å². The Morgan fingerprint density at radius 1 is 1.30 bits per heavy atom. The van der Waals surface area contributed by atoms with Crippen molar-refractivity contribution in [3.63, 3.8) is 0 Å². The van der Waals surface area contributed by atoms with Crippen LogP contribution in [0.3, 0.4) is 0 Å². The number of alkyl halides is 3. The first-order valence-electron chi connectivity index (χ1n) is 6.36. The van der Waals surface area contributed by atoms with Crippen molar-refractivity contribution in [2.75, 3.05) is 5.73 Å². The van der Waals surface area contributed by atoms with E-state index < -0.39 is 16.8 Å². The second kappa shape index (κ2) is 5.34. The van der Waals surface area contributed by atoms with E-state index in [9.17, 15) is 13.2 Å². The number of nitrogen functional groups attached to an aromatic ring is 1. The van der Waals surface area contributed by atoms with Crippen LogP contribution >= 0.6 is 11.6 Å². The number of aromatic nitrogens is 4. The Hall–Kier alpha value is -2.42. The highest BCUT2D eigenvalue weighted by atomic mass is 35.5. The summed E-state index contributed by atoms with van der Waals surface area (Å²) < 4.78 is 42.7. The zero-order valence-corrected chi connectivity index (χ0v) is 12.4. The van der Waals surface area contributed by atoms with Crippen LogP contribution in [-0.4, -0.2) is 20.3 Å². The third-order valence-corrected chi connectivity index (χ3v) is 3.65. The zero-order valence-electron chi connectivity index (χ0n) is 11.6. The Morgan fingerprint density at radius 2 is 2.04 bits per heavy atom. The summed E-state index contributed by atoms with van der Waals surface area (Å²) in [7, 11) is 0. The van der Waals surface area contributed by atoms with Crippen molar-refractivity contribution in [2.45, 2.75) is 19.5 Å². The smallest absolute Gasteiger partial charge is 0.396 e. The molecule has 0 radical (unpaired) electrons. The van der Waals surface area contributed by atoms with Crippen molar-refractivity contribution in [2.24, 2.45) is 0 Å². The summed E-state index contributed by atoms with van der Waals surface area (Å²) in [6, 6.07) is 1.16. The predicted molar refractivity (Wildman–Crippen MR) is 75.8 cm³/mol. The first kappa shape index (κ1) is 15.5. The first-order valence-corrected chi connectivity index (χ1v) is 6.74. The van der Waals surface area contributed by atoms with Gasteiger partial charge >= 0.3 is 6.18 Å². The number of nitrogens with two attached hydrogens (primary N) is 1. The SMILES string of the molecule is Cc1nc2nonc2c(N)c1Cc1cc(Cl)c(C(F)(F)F)cn1. The summed E-state index contributed by atoms with van der Waals surface area (Å²) >= 11 is 5.69. The van der Waals surface area contributed by atoms with Crippen molar-refractivity contribution in [3.8, 4) is 0 Å². The summed E-state index contributed by atoms with van der Waals surface area (Å²) in [6.45, 7) is 1.70. The molecule has 3 aromatic rings. The van der Waals surface area contributed by atoms with Gasteiger partial charge in [0.1, 0.15) is 0 Å². The van der Waals surface area contributed by atoms with Gasteiger partial charge in [0.2, 0.25) is 5.65 Å². The number of hydrogen-bond acceptors (Lipinski definition) is 6. The average Bonchev–Trinajstić information content (AvgIpc) is 2.90. The number of anilines is 1. The van der Waals surface area contributed by atoms with Crippen LogP contribution in [0.25, 0.3) is 11.2 Å². The standard InChI is InChI=1S/C13H9ClF3N5O/c1-5-7(10(18)11-12(20-5)22-23-21-11)2-6-3-9(14)8(4-19-6)13(15,16)17/h3-4H,2,18H2,1H3. The van der Waals surface area contributed by atoms with Gasteiger partial charge in [-0.3, -0.25) is 4.98 Å². The molecule has 120 valence electrons. The van der Waals surface area contributed by atoms with Gasteiger partial charge < -0.3 is 5.73 Å². The quantitative estimate of drug-likeness (QED) is 0.768. The monoisotopic (exact) mass is 343 g/mol. The second-order valence-electron chi connectivity index (χ2n) is 4.86. The molecule has 3 heterocycles. The number of fused-ring (bicyclic) bond motifs is 1. The molecule has 0 aliphatic heterocycles. The van der Waals surface area contributed by atoms with E-state index in [1.807, 2.05) is 0 Å². The Morgan fingerprint density at radius 3 is 2.70 bits per heavy atom. The number of nitrogens with zero attached hydrogens (tertiary/aromatic N) is 4. The Kier molecular flexibility index (Phi) is 3.59. The molecule has 23 heavy (non-hydrogen) atoms. The molecule has 0 saturated carbocycles. The molecule has 0 unspecified atom stereocenters. The third-order valence-electron chi connectivity index (χ3n) is 3.34. The molecule has 0 fully saturated rings. The number of rotatable bonds is 2. The summed E-state index contributed by atoms with van der Waals surface area (Å²) in [5.74, 6) is 0. The van der Waals surface area contributed by atoms with E-state index >= 15 is 0 Å². The van der Waals surface area contributed by atoms with Crippen LogP contribution in [0.4, 0.5) is 18.9 Å². The maximum Gasteiger partial charge on any atom is 0.419 e. The molecular weight excluding hydrogens is 335 g/mol. The Balaban J connectivity index is 2.01. The van der Waals surface area contributed by atoms with E-state index in [0.29, 0.717) is 34.4 Å². The van der Waals surface area contributed by atoms with Crippen LogP contribution in [0.5, 0.6) is 0 Å². The molecule has 0 atom stereocenters. The zero-order chi connectivity index (χ0) is 16.8. The minimum absolute atomic E-state index is 0.158. The fourth-order valence-corrected chi connectivity index (χ4v) is 2.45. The highest BCUT2D eigenvalue weighted by Gasteiger charge is 2.33.